The monoisotopic (exact) mass is 301 g/mol. The van der Waals surface area contributed by atoms with Gasteiger partial charge in [-0.25, -0.2) is 0 Å². The predicted molar refractivity (Wildman–Crippen MR) is 74.3 cm³/mol. The van der Waals surface area contributed by atoms with Crippen molar-refractivity contribution < 1.29 is 0 Å². The van der Waals surface area contributed by atoms with E-state index < -0.39 is 0 Å². The summed E-state index contributed by atoms with van der Waals surface area (Å²) in [5.74, 6) is 0.787. The van der Waals surface area contributed by atoms with E-state index in [1.807, 2.05) is 12.1 Å². The maximum absolute atomic E-state index is 6.09. The van der Waals surface area contributed by atoms with Gasteiger partial charge in [0, 0.05) is 23.2 Å². The van der Waals surface area contributed by atoms with E-state index in [1.165, 1.54) is 5.69 Å². The molecule has 1 aromatic rings. The molecule has 0 amide bonds. The summed E-state index contributed by atoms with van der Waals surface area (Å²) < 4.78 is 0.964. The molecule has 1 aliphatic rings. The van der Waals surface area contributed by atoms with Gasteiger partial charge in [0.05, 0.1) is 5.02 Å². The van der Waals surface area contributed by atoms with E-state index in [9.17, 15) is 0 Å². The first-order chi connectivity index (χ1) is 7.38. The topological polar surface area (TPSA) is 3.24 Å². The van der Waals surface area contributed by atoms with Crippen molar-refractivity contribution in [2.24, 2.45) is 11.3 Å². The number of rotatable bonds is 1. The third kappa shape index (κ3) is 2.38. The van der Waals surface area contributed by atoms with Gasteiger partial charge in [-0.05, 0) is 45.5 Å². The SMILES string of the molecule is CC(C)(C)C1CN(c2ccc(Br)c(Cl)c2)C1. The molecule has 1 aromatic carbocycles. The molecule has 1 heterocycles. The summed E-state index contributed by atoms with van der Waals surface area (Å²) in [6, 6.07) is 6.17. The highest BCUT2D eigenvalue weighted by atomic mass is 79.9. The lowest BCUT2D eigenvalue weighted by Crippen LogP contribution is -2.52. The molecular weight excluding hydrogens is 286 g/mol. The molecule has 88 valence electrons. The number of hydrogen-bond acceptors (Lipinski definition) is 1. The summed E-state index contributed by atoms with van der Waals surface area (Å²) >= 11 is 9.50. The normalized spacial score (nSPS) is 17.4. The fourth-order valence-electron chi connectivity index (χ4n) is 1.92. The van der Waals surface area contributed by atoms with Crippen LogP contribution in [-0.2, 0) is 0 Å². The van der Waals surface area contributed by atoms with Gasteiger partial charge in [0.25, 0.3) is 0 Å². The summed E-state index contributed by atoms with van der Waals surface area (Å²) in [5, 5.41) is 0.789. The molecule has 0 aliphatic carbocycles. The molecule has 1 nitrogen and oxygen atoms in total. The van der Waals surface area contributed by atoms with Crippen LogP contribution >= 0.6 is 27.5 Å². The van der Waals surface area contributed by atoms with E-state index in [1.54, 1.807) is 0 Å². The largest absolute Gasteiger partial charge is 0.371 e. The van der Waals surface area contributed by atoms with Gasteiger partial charge in [0.1, 0.15) is 0 Å². The maximum Gasteiger partial charge on any atom is 0.0568 e. The molecule has 0 N–H and O–H groups in total. The first-order valence-corrected chi connectivity index (χ1v) is 6.75. The standard InChI is InChI=1S/C13H17BrClN/c1-13(2,3)9-7-16(8-9)10-4-5-11(14)12(15)6-10/h4-6,9H,7-8H2,1-3H3. The minimum absolute atomic E-state index is 0.412. The zero-order valence-corrected chi connectivity index (χ0v) is 12.3. The molecule has 0 spiro atoms. The molecule has 0 radical (unpaired) electrons. The number of anilines is 1. The van der Waals surface area contributed by atoms with E-state index >= 15 is 0 Å². The van der Waals surface area contributed by atoms with E-state index in [0.29, 0.717) is 5.41 Å². The zero-order chi connectivity index (χ0) is 11.9. The average molecular weight is 303 g/mol. The Morgan fingerprint density at radius 3 is 2.44 bits per heavy atom. The fraction of sp³-hybridized carbons (Fsp3) is 0.538. The highest BCUT2D eigenvalue weighted by Crippen LogP contribution is 2.37. The second-order valence-electron chi connectivity index (χ2n) is 5.57. The van der Waals surface area contributed by atoms with Crippen molar-refractivity contribution >= 4 is 33.2 Å². The van der Waals surface area contributed by atoms with Crippen LogP contribution in [0, 0.1) is 11.3 Å². The first-order valence-electron chi connectivity index (χ1n) is 5.58. The van der Waals surface area contributed by atoms with Crippen molar-refractivity contribution in [1.29, 1.82) is 0 Å². The molecule has 0 saturated carbocycles. The van der Waals surface area contributed by atoms with Gasteiger partial charge in [-0.2, -0.15) is 0 Å². The zero-order valence-electron chi connectivity index (χ0n) is 9.93. The molecule has 16 heavy (non-hydrogen) atoms. The third-order valence-electron chi connectivity index (χ3n) is 3.37. The second kappa shape index (κ2) is 4.23. The van der Waals surface area contributed by atoms with Crippen molar-refractivity contribution in [3.63, 3.8) is 0 Å². The number of nitrogens with zero attached hydrogens (tertiary/aromatic N) is 1. The molecular formula is C13H17BrClN. The third-order valence-corrected chi connectivity index (χ3v) is 4.61. The van der Waals surface area contributed by atoms with Crippen LogP contribution in [0.5, 0.6) is 0 Å². The smallest absolute Gasteiger partial charge is 0.0568 e. The Labute approximate surface area is 111 Å². The fourth-order valence-corrected chi connectivity index (χ4v) is 2.34. The van der Waals surface area contributed by atoms with Gasteiger partial charge >= 0.3 is 0 Å². The van der Waals surface area contributed by atoms with Crippen LogP contribution in [0.1, 0.15) is 20.8 Å². The quantitative estimate of drug-likeness (QED) is 0.733. The number of hydrogen-bond donors (Lipinski definition) is 0. The Hall–Kier alpha value is -0.210. The van der Waals surface area contributed by atoms with Crippen molar-refractivity contribution in [2.75, 3.05) is 18.0 Å². The van der Waals surface area contributed by atoms with Gasteiger partial charge in [-0.1, -0.05) is 32.4 Å². The molecule has 1 saturated heterocycles. The van der Waals surface area contributed by atoms with Crippen LogP contribution in [-0.4, -0.2) is 13.1 Å². The highest BCUT2D eigenvalue weighted by molar-refractivity contribution is 9.10. The van der Waals surface area contributed by atoms with Crippen LogP contribution in [0.25, 0.3) is 0 Å². The number of halogens is 2. The van der Waals surface area contributed by atoms with Crippen molar-refractivity contribution in [3.05, 3.63) is 27.7 Å². The van der Waals surface area contributed by atoms with E-state index in [-0.39, 0.29) is 0 Å². The summed E-state index contributed by atoms with van der Waals surface area (Å²) in [4.78, 5) is 2.38. The van der Waals surface area contributed by atoms with Crippen LogP contribution in [0.4, 0.5) is 5.69 Å². The highest BCUT2D eigenvalue weighted by Gasteiger charge is 2.35. The first kappa shape index (κ1) is 12.3. The average Bonchev–Trinajstić information content (AvgIpc) is 2.06. The van der Waals surface area contributed by atoms with Gasteiger partial charge < -0.3 is 4.90 Å². The molecule has 1 fully saturated rings. The molecule has 1 aliphatic heterocycles. The van der Waals surface area contributed by atoms with Crippen LogP contribution in [0.2, 0.25) is 5.02 Å². The second-order valence-corrected chi connectivity index (χ2v) is 6.83. The summed E-state index contributed by atoms with van der Waals surface area (Å²) in [7, 11) is 0. The van der Waals surface area contributed by atoms with E-state index in [2.05, 4.69) is 47.7 Å². The molecule has 2 rings (SSSR count). The van der Waals surface area contributed by atoms with Crippen LogP contribution < -0.4 is 4.90 Å². The Morgan fingerprint density at radius 2 is 1.94 bits per heavy atom. The van der Waals surface area contributed by atoms with Gasteiger partial charge in [0.15, 0.2) is 0 Å². The lowest BCUT2D eigenvalue weighted by Gasteiger charge is -2.47. The lowest BCUT2D eigenvalue weighted by atomic mass is 9.76. The minimum Gasteiger partial charge on any atom is -0.371 e. The summed E-state index contributed by atoms with van der Waals surface area (Å²) in [6.45, 7) is 9.21. The molecule has 0 unspecified atom stereocenters. The molecule has 3 heteroatoms. The molecule has 0 atom stereocenters. The Bertz CT molecular complexity index is 391. The maximum atomic E-state index is 6.09. The molecule has 0 aromatic heterocycles. The minimum atomic E-state index is 0.412. The Morgan fingerprint density at radius 1 is 1.31 bits per heavy atom. The van der Waals surface area contributed by atoms with Crippen molar-refractivity contribution in [3.8, 4) is 0 Å². The van der Waals surface area contributed by atoms with Gasteiger partial charge in [-0.15, -0.1) is 0 Å². The predicted octanol–water partition coefficient (Wildman–Crippen LogP) is 4.58. The Kier molecular flexibility index (Phi) is 3.24. The summed E-state index contributed by atoms with van der Waals surface area (Å²) in [5.41, 5.74) is 1.64. The van der Waals surface area contributed by atoms with Crippen LogP contribution in [0.3, 0.4) is 0 Å². The van der Waals surface area contributed by atoms with Gasteiger partial charge in [0.2, 0.25) is 0 Å². The van der Waals surface area contributed by atoms with Crippen molar-refractivity contribution in [2.45, 2.75) is 20.8 Å². The Balaban J connectivity index is 2.04. The van der Waals surface area contributed by atoms with Gasteiger partial charge in [-0.3, -0.25) is 0 Å². The van der Waals surface area contributed by atoms with Crippen LogP contribution in [0.15, 0.2) is 22.7 Å². The van der Waals surface area contributed by atoms with Crippen molar-refractivity contribution in [1.82, 2.24) is 0 Å². The van der Waals surface area contributed by atoms with E-state index in [0.717, 1.165) is 28.5 Å². The lowest BCUT2D eigenvalue weighted by molar-refractivity contribution is 0.195. The number of benzene rings is 1. The van der Waals surface area contributed by atoms with E-state index in [4.69, 9.17) is 11.6 Å². The summed E-state index contributed by atoms with van der Waals surface area (Å²) in [6.07, 6.45) is 0. The molecule has 0 bridgehead atoms.